The van der Waals surface area contributed by atoms with Crippen molar-refractivity contribution in [3.63, 3.8) is 0 Å². The Labute approximate surface area is 99.9 Å². The Morgan fingerprint density at radius 2 is 2.12 bits per heavy atom. The lowest BCUT2D eigenvalue weighted by Crippen LogP contribution is -2.32. The lowest BCUT2D eigenvalue weighted by atomic mass is 10.4. The number of aromatic nitrogens is 2. The van der Waals surface area contributed by atoms with Gasteiger partial charge < -0.3 is 10.0 Å². The minimum atomic E-state index is -0.494. The molecule has 0 spiro atoms. The van der Waals surface area contributed by atoms with Gasteiger partial charge in [-0.05, 0) is 13.0 Å². The number of hydrogen-bond acceptors (Lipinski definition) is 5. The van der Waals surface area contributed by atoms with Gasteiger partial charge in [-0.25, -0.2) is 9.97 Å². The van der Waals surface area contributed by atoms with Crippen molar-refractivity contribution < 1.29 is 9.50 Å². The molecule has 0 aliphatic carbocycles. The summed E-state index contributed by atoms with van der Waals surface area (Å²) < 4.78 is 13.0. The molecule has 1 saturated heterocycles. The first kappa shape index (κ1) is 12.2. The average Bonchev–Trinajstić information content (AvgIpc) is 2.55. The molecule has 0 bridgehead atoms. The predicted molar refractivity (Wildman–Crippen MR) is 62.3 cm³/mol. The van der Waals surface area contributed by atoms with Crippen LogP contribution >= 0.6 is 0 Å². The molecule has 1 fully saturated rings. The fourth-order valence-corrected chi connectivity index (χ4v) is 2.06. The van der Waals surface area contributed by atoms with Crippen LogP contribution in [0.4, 0.5) is 10.2 Å². The summed E-state index contributed by atoms with van der Waals surface area (Å²) in [6, 6.07) is 1.36. The van der Waals surface area contributed by atoms with E-state index in [1.807, 2.05) is 0 Å². The lowest BCUT2D eigenvalue weighted by Gasteiger charge is -2.22. The van der Waals surface area contributed by atoms with E-state index in [0.29, 0.717) is 12.4 Å². The molecule has 0 atom stereocenters. The summed E-state index contributed by atoms with van der Waals surface area (Å²) in [5, 5.41) is 8.90. The van der Waals surface area contributed by atoms with Gasteiger partial charge in [0.15, 0.2) is 0 Å². The van der Waals surface area contributed by atoms with Crippen LogP contribution in [0.2, 0.25) is 0 Å². The molecule has 2 rings (SSSR count). The fraction of sp³-hybridized carbons (Fsp3) is 0.636. The van der Waals surface area contributed by atoms with E-state index in [0.717, 1.165) is 32.6 Å². The Bertz CT molecular complexity index is 363. The monoisotopic (exact) mass is 240 g/mol. The van der Waals surface area contributed by atoms with Gasteiger partial charge in [-0.2, -0.15) is 4.39 Å². The molecule has 1 aliphatic heterocycles. The maximum atomic E-state index is 13.0. The topological polar surface area (TPSA) is 52.5 Å². The summed E-state index contributed by atoms with van der Waals surface area (Å²) in [6.07, 6.45) is 2.24. The standard InChI is InChI=1S/C11H17FN4O/c12-10-8-11(14-9-13-10)16-3-1-2-15(4-5-16)6-7-17/h8-9,17H,1-7H2. The molecule has 0 unspecified atom stereocenters. The molecule has 94 valence electrons. The molecule has 1 aromatic heterocycles. The van der Waals surface area contributed by atoms with Crippen LogP contribution in [0.1, 0.15) is 6.42 Å². The summed E-state index contributed by atoms with van der Waals surface area (Å²) in [5.41, 5.74) is 0. The maximum Gasteiger partial charge on any atom is 0.218 e. The molecule has 0 amide bonds. The number of nitrogens with zero attached hydrogens (tertiary/aromatic N) is 4. The Morgan fingerprint density at radius 1 is 1.24 bits per heavy atom. The molecular weight excluding hydrogens is 223 g/mol. The van der Waals surface area contributed by atoms with Crippen LogP contribution in [-0.4, -0.2) is 59.3 Å². The van der Waals surface area contributed by atoms with Gasteiger partial charge in [-0.1, -0.05) is 0 Å². The summed E-state index contributed by atoms with van der Waals surface area (Å²) in [6.45, 7) is 4.37. The van der Waals surface area contributed by atoms with Gasteiger partial charge in [0.1, 0.15) is 12.1 Å². The summed E-state index contributed by atoms with van der Waals surface area (Å²) in [7, 11) is 0. The smallest absolute Gasteiger partial charge is 0.218 e. The van der Waals surface area contributed by atoms with Crippen molar-refractivity contribution in [1.29, 1.82) is 0 Å². The first-order valence-electron chi connectivity index (χ1n) is 5.85. The predicted octanol–water partition coefficient (Wildman–Crippen LogP) is 0.120. The van der Waals surface area contributed by atoms with Crippen molar-refractivity contribution in [2.24, 2.45) is 0 Å². The Balaban J connectivity index is 1.99. The molecule has 0 radical (unpaired) electrons. The second-order valence-electron chi connectivity index (χ2n) is 4.10. The molecule has 2 heterocycles. The van der Waals surface area contributed by atoms with Gasteiger partial charge in [0.2, 0.25) is 5.95 Å². The van der Waals surface area contributed by atoms with Crippen molar-refractivity contribution in [2.45, 2.75) is 6.42 Å². The van der Waals surface area contributed by atoms with E-state index in [-0.39, 0.29) is 6.61 Å². The molecule has 5 nitrogen and oxygen atoms in total. The van der Waals surface area contributed by atoms with E-state index in [4.69, 9.17) is 5.11 Å². The van der Waals surface area contributed by atoms with Gasteiger partial charge >= 0.3 is 0 Å². The fourth-order valence-electron chi connectivity index (χ4n) is 2.06. The van der Waals surface area contributed by atoms with Crippen molar-refractivity contribution >= 4 is 5.82 Å². The van der Waals surface area contributed by atoms with Crippen LogP contribution in [0.15, 0.2) is 12.4 Å². The van der Waals surface area contributed by atoms with Crippen LogP contribution in [0, 0.1) is 5.95 Å². The third-order valence-corrected chi connectivity index (χ3v) is 2.95. The molecule has 1 aliphatic rings. The number of β-amino-alcohol motifs (C(OH)–C–C–N with tert-alkyl or cyclic N) is 1. The summed E-state index contributed by atoms with van der Waals surface area (Å²) in [4.78, 5) is 11.8. The van der Waals surface area contributed by atoms with E-state index in [9.17, 15) is 4.39 Å². The van der Waals surface area contributed by atoms with Crippen molar-refractivity contribution in [3.05, 3.63) is 18.3 Å². The third-order valence-electron chi connectivity index (χ3n) is 2.95. The molecule has 17 heavy (non-hydrogen) atoms. The number of hydrogen-bond donors (Lipinski definition) is 1. The third kappa shape index (κ3) is 3.34. The van der Waals surface area contributed by atoms with Gasteiger partial charge in [0, 0.05) is 32.2 Å². The van der Waals surface area contributed by atoms with Crippen molar-refractivity contribution in [2.75, 3.05) is 44.2 Å². The number of rotatable bonds is 3. The first-order valence-corrected chi connectivity index (χ1v) is 5.85. The molecular formula is C11H17FN4O. The molecule has 1 N–H and O–H groups in total. The second kappa shape index (κ2) is 5.88. The summed E-state index contributed by atoms with van der Waals surface area (Å²) in [5.74, 6) is 0.148. The van der Waals surface area contributed by atoms with Crippen molar-refractivity contribution in [3.8, 4) is 0 Å². The zero-order valence-electron chi connectivity index (χ0n) is 9.72. The zero-order valence-corrected chi connectivity index (χ0v) is 9.72. The highest BCUT2D eigenvalue weighted by molar-refractivity contribution is 5.36. The van der Waals surface area contributed by atoms with Crippen LogP contribution < -0.4 is 4.90 Å². The van der Waals surface area contributed by atoms with Gasteiger partial charge in [-0.15, -0.1) is 0 Å². The van der Waals surface area contributed by atoms with E-state index in [1.54, 1.807) is 0 Å². The van der Waals surface area contributed by atoms with E-state index in [1.165, 1.54) is 12.4 Å². The number of anilines is 1. The molecule has 6 heteroatoms. The van der Waals surface area contributed by atoms with Crippen LogP contribution in [0.3, 0.4) is 0 Å². The van der Waals surface area contributed by atoms with Gasteiger partial charge in [-0.3, -0.25) is 4.90 Å². The first-order chi connectivity index (χ1) is 8.29. The number of halogens is 1. The van der Waals surface area contributed by atoms with Crippen LogP contribution in [-0.2, 0) is 0 Å². The Morgan fingerprint density at radius 3 is 2.88 bits per heavy atom. The highest BCUT2D eigenvalue weighted by Crippen LogP contribution is 2.13. The van der Waals surface area contributed by atoms with E-state index >= 15 is 0 Å². The van der Waals surface area contributed by atoms with Crippen LogP contribution in [0.25, 0.3) is 0 Å². The highest BCUT2D eigenvalue weighted by atomic mass is 19.1. The van der Waals surface area contributed by atoms with Gasteiger partial charge in [0.25, 0.3) is 0 Å². The molecule has 1 aromatic rings. The van der Waals surface area contributed by atoms with E-state index in [2.05, 4.69) is 19.8 Å². The second-order valence-corrected chi connectivity index (χ2v) is 4.10. The minimum Gasteiger partial charge on any atom is -0.395 e. The Kier molecular flexibility index (Phi) is 4.22. The SMILES string of the molecule is OCCN1CCCN(c2cc(F)ncn2)CC1. The Hall–Kier alpha value is -1.27. The zero-order chi connectivity index (χ0) is 12.1. The minimum absolute atomic E-state index is 0.183. The summed E-state index contributed by atoms with van der Waals surface area (Å²) >= 11 is 0. The molecule has 0 saturated carbocycles. The highest BCUT2D eigenvalue weighted by Gasteiger charge is 2.15. The lowest BCUT2D eigenvalue weighted by molar-refractivity contribution is 0.204. The number of aliphatic hydroxyl groups excluding tert-OH is 1. The number of aliphatic hydroxyl groups is 1. The van der Waals surface area contributed by atoms with Gasteiger partial charge in [0.05, 0.1) is 6.61 Å². The molecule has 0 aromatic carbocycles. The van der Waals surface area contributed by atoms with Crippen molar-refractivity contribution in [1.82, 2.24) is 14.9 Å². The largest absolute Gasteiger partial charge is 0.395 e. The van der Waals surface area contributed by atoms with Crippen LogP contribution in [0.5, 0.6) is 0 Å². The maximum absolute atomic E-state index is 13.0. The normalized spacial score (nSPS) is 18.1. The quantitative estimate of drug-likeness (QED) is 0.761. The average molecular weight is 240 g/mol. The van der Waals surface area contributed by atoms with E-state index < -0.39 is 5.95 Å².